The maximum atomic E-state index is 12.1. The number of hydrogen-bond donors (Lipinski definition) is 2. The first-order valence-corrected chi connectivity index (χ1v) is 8.13. The normalized spacial score (nSPS) is 27.3. The average molecular weight is 342 g/mol. The summed E-state index contributed by atoms with van der Waals surface area (Å²) in [6.07, 6.45) is -1.90. The van der Waals surface area contributed by atoms with E-state index in [0.29, 0.717) is 5.56 Å². The van der Waals surface area contributed by atoms with E-state index in [-0.39, 0.29) is 18.8 Å². The van der Waals surface area contributed by atoms with Crippen molar-refractivity contribution >= 4 is 0 Å². The third-order valence-electron chi connectivity index (χ3n) is 3.75. The fourth-order valence-corrected chi connectivity index (χ4v) is 2.63. The molecular weight excluding hydrogens is 316 g/mol. The Bertz CT molecular complexity index is 665. The third kappa shape index (κ3) is 4.13. The van der Waals surface area contributed by atoms with Crippen molar-refractivity contribution in [3.63, 3.8) is 0 Å². The highest BCUT2D eigenvalue weighted by Crippen LogP contribution is 2.31. The van der Waals surface area contributed by atoms with E-state index in [1.807, 2.05) is 27.7 Å². The van der Waals surface area contributed by atoms with Crippen molar-refractivity contribution in [1.29, 1.82) is 0 Å². The number of nitrogens with zero attached hydrogens (tertiary/aromatic N) is 1. The number of aromatic nitrogens is 2. The van der Waals surface area contributed by atoms with Crippen LogP contribution in [0.2, 0.25) is 0 Å². The molecule has 0 saturated carbocycles. The summed E-state index contributed by atoms with van der Waals surface area (Å²) in [4.78, 5) is 25.8. The van der Waals surface area contributed by atoms with E-state index in [2.05, 4.69) is 4.98 Å². The highest BCUT2D eigenvalue weighted by molar-refractivity contribution is 5.03. The topological polar surface area (TPSA) is 103 Å². The molecule has 0 bridgehead atoms. The number of rotatable bonds is 6. The molecule has 1 aromatic rings. The second-order valence-electron chi connectivity index (χ2n) is 6.57. The molecule has 0 aromatic carbocycles. The van der Waals surface area contributed by atoms with Gasteiger partial charge in [0.15, 0.2) is 6.23 Å². The van der Waals surface area contributed by atoms with Crippen LogP contribution in [0.4, 0.5) is 0 Å². The van der Waals surface area contributed by atoms with Crippen molar-refractivity contribution in [3.05, 3.63) is 32.6 Å². The number of aliphatic hydroxyl groups is 1. The quantitative estimate of drug-likeness (QED) is 0.772. The molecule has 0 spiro atoms. The van der Waals surface area contributed by atoms with Crippen molar-refractivity contribution in [1.82, 2.24) is 9.55 Å². The van der Waals surface area contributed by atoms with Gasteiger partial charge in [0.1, 0.15) is 18.3 Å². The van der Waals surface area contributed by atoms with E-state index >= 15 is 0 Å². The Balaban J connectivity index is 2.30. The number of hydrogen-bond acceptors (Lipinski definition) is 6. The van der Waals surface area contributed by atoms with Crippen LogP contribution in [0.15, 0.2) is 15.8 Å². The summed E-state index contributed by atoms with van der Waals surface area (Å²) in [6, 6.07) is 0. The predicted octanol–water partition coefficient (Wildman–Crippen LogP) is 0.322. The molecule has 0 radical (unpaired) electrons. The monoisotopic (exact) mass is 342 g/mol. The molecule has 8 nitrogen and oxygen atoms in total. The van der Waals surface area contributed by atoms with Gasteiger partial charge >= 0.3 is 5.69 Å². The molecule has 2 rings (SSSR count). The molecule has 4 unspecified atom stereocenters. The van der Waals surface area contributed by atoms with Crippen molar-refractivity contribution in [2.75, 3.05) is 6.61 Å². The molecule has 0 amide bonds. The molecule has 2 heterocycles. The minimum absolute atomic E-state index is 0.00235. The summed E-state index contributed by atoms with van der Waals surface area (Å²) in [5.41, 5.74) is -0.740. The predicted molar refractivity (Wildman–Crippen MR) is 87.1 cm³/mol. The Morgan fingerprint density at radius 2 is 1.96 bits per heavy atom. The summed E-state index contributed by atoms with van der Waals surface area (Å²) in [7, 11) is 0. The fourth-order valence-electron chi connectivity index (χ4n) is 2.63. The third-order valence-corrected chi connectivity index (χ3v) is 3.75. The van der Waals surface area contributed by atoms with E-state index in [4.69, 9.17) is 14.2 Å². The Morgan fingerprint density at radius 3 is 2.54 bits per heavy atom. The van der Waals surface area contributed by atoms with Crippen molar-refractivity contribution in [3.8, 4) is 0 Å². The molecular formula is C16H26N2O6. The summed E-state index contributed by atoms with van der Waals surface area (Å²) in [5, 5.41) is 10.6. The first kappa shape index (κ1) is 18.9. The number of aryl methyl sites for hydroxylation is 1. The second kappa shape index (κ2) is 7.60. The molecule has 4 atom stereocenters. The van der Waals surface area contributed by atoms with Gasteiger partial charge in [-0.2, -0.15) is 0 Å². The highest BCUT2D eigenvalue weighted by atomic mass is 16.6. The highest BCUT2D eigenvalue weighted by Gasteiger charge is 2.46. The lowest BCUT2D eigenvalue weighted by Crippen LogP contribution is -2.40. The van der Waals surface area contributed by atoms with Gasteiger partial charge in [-0.05, 0) is 34.6 Å². The molecule has 8 heteroatoms. The molecule has 1 aliphatic rings. The van der Waals surface area contributed by atoms with Gasteiger partial charge in [0.2, 0.25) is 0 Å². The Labute approximate surface area is 140 Å². The van der Waals surface area contributed by atoms with Gasteiger partial charge in [-0.15, -0.1) is 0 Å². The molecule has 1 fully saturated rings. The molecule has 1 saturated heterocycles. The number of ether oxygens (including phenoxy) is 3. The first-order chi connectivity index (χ1) is 11.2. The SMILES string of the molecule is Cc1cn(C2OC(COC(C)C)C(OC(C)C)C2O)c(=O)[nH]c1=O. The van der Waals surface area contributed by atoms with Gasteiger partial charge in [-0.25, -0.2) is 4.79 Å². The number of aromatic amines is 1. The molecule has 1 aromatic heterocycles. The standard InChI is InChI=1S/C16H26N2O6/c1-8(2)22-7-11-13(23-9(3)4)12(19)15(24-11)18-6-10(5)14(20)17-16(18)21/h6,8-9,11-13,15,19H,7H2,1-5H3,(H,17,20,21). The van der Waals surface area contributed by atoms with Crippen LogP contribution in [0.25, 0.3) is 0 Å². The average Bonchev–Trinajstić information content (AvgIpc) is 2.77. The maximum Gasteiger partial charge on any atom is 0.330 e. The van der Waals surface area contributed by atoms with Gasteiger partial charge in [0.25, 0.3) is 5.56 Å². The zero-order chi connectivity index (χ0) is 18.0. The fraction of sp³-hybridized carbons (Fsp3) is 0.750. The van der Waals surface area contributed by atoms with Crippen molar-refractivity contribution in [2.45, 2.75) is 71.4 Å². The smallest absolute Gasteiger partial charge is 0.330 e. The van der Waals surface area contributed by atoms with E-state index in [9.17, 15) is 14.7 Å². The van der Waals surface area contributed by atoms with Gasteiger partial charge in [-0.1, -0.05) is 0 Å². The van der Waals surface area contributed by atoms with Crippen molar-refractivity contribution < 1.29 is 19.3 Å². The Kier molecular flexibility index (Phi) is 5.97. The number of nitrogens with one attached hydrogen (secondary N) is 1. The summed E-state index contributed by atoms with van der Waals surface area (Å²) >= 11 is 0. The lowest BCUT2D eigenvalue weighted by molar-refractivity contribution is -0.0979. The van der Waals surface area contributed by atoms with Gasteiger partial charge in [0, 0.05) is 11.8 Å². The lowest BCUT2D eigenvalue weighted by atomic mass is 10.1. The number of H-pyrrole nitrogens is 1. The van der Waals surface area contributed by atoms with Gasteiger partial charge in [0.05, 0.1) is 18.8 Å². The van der Waals surface area contributed by atoms with Crippen LogP contribution in [0.1, 0.15) is 39.5 Å². The largest absolute Gasteiger partial charge is 0.386 e. The lowest BCUT2D eigenvalue weighted by Gasteiger charge is -2.23. The minimum atomic E-state index is -1.06. The first-order valence-electron chi connectivity index (χ1n) is 8.13. The van der Waals surface area contributed by atoms with Crippen LogP contribution in [0, 0.1) is 6.92 Å². The van der Waals surface area contributed by atoms with E-state index in [0.717, 1.165) is 0 Å². The van der Waals surface area contributed by atoms with Crippen LogP contribution >= 0.6 is 0 Å². The van der Waals surface area contributed by atoms with Crippen molar-refractivity contribution in [2.24, 2.45) is 0 Å². The molecule has 1 aliphatic heterocycles. The van der Waals surface area contributed by atoms with Crippen LogP contribution in [-0.4, -0.2) is 51.8 Å². The van der Waals surface area contributed by atoms with Crippen LogP contribution in [-0.2, 0) is 14.2 Å². The van der Waals surface area contributed by atoms with Crippen LogP contribution in [0.5, 0.6) is 0 Å². The Morgan fingerprint density at radius 1 is 1.29 bits per heavy atom. The van der Waals surface area contributed by atoms with Gasteiger partial charge in [-0.3, -0.25) is 14.3 Å². The Hall–Kier alpha value is -1.48. The molecule has 136 valence electrons. The summed E-state index contributed by atoms with van der Waals surface area (Å²) in [6.45, 7) is 9.33. The zero-order valence-electron chi connectivity index (χ0n) is 14.7. The minimum Gasteiger partial charge on any atom is -0.386 e. The van der Waals surface area contributed by atoms with Gasteiger partial charge < -0.3 is 19.3 Å². The summed E-state index contributed by atoms with van der Waals surface area (Å²) in [5.74, 6) is 0. The van der Waals surface area contributed by atoms with E-state index in [1.165, 1.54) is 10.8 Å². The molecule has 0 aliphatic carbocycles. The maximum absolute atomic E-state index is 12.1. The van der Waals surface area contributed by atoms with E-state index in [1.54, 1.807) is 6.92 Å². The van der Waals surface area contributed by atoms with Crippen LogP contribution in [0.3, 0.4) is 0 Å². The second-order valence-corrected chi connectivity index (χ2v) is 6.57. The van der Waals surface area contributed by atoms with E-state index < -0.39 is 35.8 Å². The summed E-state index contributed by atoms with van der Waals surface area (Å²) < 4.78 is 18.4. The molecule has 2 N–H and O–H groups in total. The zero-order valence-corrected chi connectivity index (χ0v) is 14.7. The van der Waals surface area contributed by atoms with Crippen LogP contribution < -0.4 is 11.2 Å². The molecule has 24 heavy (non-hydrogen) atoms. The number of aliphatic hydroxyl groups excluding tert-OH is 1.